The van der Waals surface area contributed by atoms with Crippen LogP contribution in [-0.4, -0.2) is 41.6 Å². The standard InChI is InChI=1S/C18H18F3N5O2/c1-17(28)6-10(7-17)23-16-11-3-4-26(2)15(11)14(24-25-16)13-12(27)5-9(8-22-13)18(19,20)21/h3-5,8,10,27-28H,6-7H2,1-2H3,(H,23,25). The van der Waals surface area contributed by atoms with Crippen LogP contribution in [0.5, 0.6) is 5.75 Å². The number of rotatable bonds is 3. The molecule has 148 valence electrons. The molecule has 3 aromatic heterocycles. The molecule has 4 rings (SSSR count). The third kappa shape index (κ3) is 3.13. The van der Waals surface area contributed by atoms with Crippen molar-refractivity contribution in [2.45, 2.75) is 37.6 Å². The van der Waals surface area contributed by atoms with E-state index in [2.05, 4.69) is 20.5 Å². The average molecular weight is 393 g/mol. The van der Waals surface area contributed by atoms with E-state index in [1.807, 2.05) is 0 Å². The first kappa shape index (κ1) is 18.5. The Morgan fingerprint density at radius 1 is 1.25 bits per heavy atom. The van der Waals surface area contributed by atoms with Gasteiger partial charge in [-0.1, -0.05) is 0 Å². The Labute approximate surface area is 157 Å². The van der Waals surface area contributed by atoms with Gasteiger partial charge < -0.3 is 20.1 Å². The van der Waals surface area contributed by atoms with Crippen LogP contribution in [0.1, 0.15) is 25.3 Å². The smallest absolute Gasteiger partial charge is 0.418 e. The number of aliphatic hydroxyl groups is 1. The van der Waals surface area contributed by atoms with Gasteiger partial charge in [-0.15, -0.1) is 10.2 Å². The number of hydrogen-bond acceptors (Lipinski definition) is 6. The van der Waals surface area contributed by atoms with Crippen molar-refractivity contribution in [3.8, 4) is 17.1 Å². The molecule has 1 aliphatic rings. The highest BCUT2D eigenvalue weighted by Crippen LogP contribution is 2.39. The molecule has 0 amide bonds. The molecule has 0 unspecified atom stereocenters. The number of nitrogens with one attached hydrogen (secondary N) is 1. The van der Waals surface area contributed by atoms with Crippen LogP contribution in [0.15, 0.2) is 24.5 Å². The van der Waals surface area contributed by atoms with Crippen LogP contribution >= 0.6 is 0 Å². The van der Waals surface area contributed by atoms with Crippen molar-refractivity contribution >= 4 is 16.7 Å². The molecule has 7 nitrogen and oxygen atoms in total. The van der Waals surface area contributed by atoms with E-state index >= 15 is 0 Å². The molecular formula is C18H18F3N5O2. The Morgan fingerprint density at radius 2 is 1.96 bits per heavy atom. The zero-order valence-corrected chi connectivity index (χ0v) is 15.1. The maximum absolute atomic E-state index is 12.8. The molecule has 3 aromatic rings. The predicted molar refractivity (Wildman–Crippen MR) is 95.7 cm³/mol. The molecule has 28 heavy (non-hydrogen) atoms. The van der Waals surface area contributed by atoms with Gasteiger partial charge in [-0.05, 0) is 31.9 Å². The number of alkyl halides is 3. The van der Waals surface area contributed by atoms with E-state index in [1.165, 1.54) is 0 Å². The molecule has 1 aliphatic carbocycles. The molecule has 1 fully saturated rings. The van der Waals surface area contributed by atoms with Crippen molar-refractivity contribution in [1.29, 1.82) is 0 Å². The monoisotopic (exact) mass is 393 g/mol. The van der Waals surface area contributed by atoms with Gasteiger partial charge >= 0.3 is 6.18 Å². The van der Waals surface area contributed by atoms with E-state index in [-0.39, 0.29) is 17.4 Å². The first-order valence-electron chi connectivity index (χ1n) is 8.62. The summed E-state index contributed by atoms with van der Waals surface area (Å²) >= 11 is 0. The van der Waals surface area contributed by atoms with Crippen molar-refractivity contribution in [3.63, 3.8) is 0 Å². The average Bonchev–Trinajstić information content (AvgIpc) is 2.96. The molecule has 0 radical (unpaired) electrons. The molecule has 3 heterocycles. The minimum Gasteiger partial charge on any atom is -0.506 e. The third-order valence-corrected chi connectivity index (χ3v) is 4.93. The molecule has 0 bridgehead atoms. The zero-order valence-electron chi connectivity index (χ0n) is 15.1. The van der Waals surface area contributed by atoms with Gasteiger partial charge in [0, 0.05) is 30.9 Å². The molecule has 0 aliphatic heterocycles. The Hall–Kier alpha value is -2.88. The van der Waals surface area contributed by atoms with Crippen molar-refractivity contribution < 1.29 is 23.4 Å². The van der Waals surface area contributed by atoms with Crippen LogP contribution in [0.3, 0.4) is 0 Å². The van der Waals surface area contributed by atoms with Gasteiger partial charge in [-0.3, -0.25) is 0 Å². The largest absolute Gasteiger partial charge is 0.506 e. The second kappa shape index (κ2) is 6.06. The lowest BCUT2D eigenvalue weighted by Gasteiger charge is -2.41. The maximum Gasteiger partial charge on any atom is 0.418 e. The van der Waals surface area contributed by atoms with Gasteiger partial charge in [0.05, 0.1) is 16.7 Å². The number of aromatic hydroxyl groups is 1. The molecule has 1 saturated carbocycles. The molecule has 3 N–H and O–H groups in total. The summed E-state index contributed by atoms with van der Waals surface area (Å²) in [6.45, 7) is 1.76. The SMILES string of the molecule is Cn1ccc2c(NC3CC(C)(O)C3)nnc(-c3ncc(C(F)(F)F)cc3O)c21. The minimum atomic E-state index is -4.60. The van der Waals surface area contributed by atoms with Crippen LogP contribution in [0.25, 0.3) is 22.3 Å². The second-order valence-electron chi connectivity index (χ2n) is 7.42. The third-order valence-electron chi connectivity index (χ3n) is 4.93. The summed E-state index contributed by atoms with van der Waals surface area (Å²) < 4.78 is 40.2. The second-order valence-corrected chi connectivity index (χ2v) is 7.42. The molecule has 10 heteroatoms. The van der Waals surface area contributed by atoms with Gasteiger partial charge in [0.15, 0.2) is 5.82 Å². The van der Waals surface area contributed by atoms with E-state index in [0.29, 0.717) is 41.8 Å². The highest BCUT2D eigenvalue weighted by molar-refractivity contribution is 5.98. The summed E-state index contributed by atoms with van der Waals surface area (Å²) in [5.41, 5.74) is -1.06. The quantitative estimate of drug-likeness (QED) is 0.633. The number of nitrogens with zero attached hydrogens (tertiary/aromatic N) is 4. The van der Waals surface area contributed by atoms with Crippen molar-refractivity contribution in [1.82, 2.24) is 19.7 Å². The Morgan fingerprint density at radius 3 is 2.57 bits per heavy atom. The maximum atomic E-state index is 12.8. The number of hydrogen-bond donors (Lipinski definition) is 3. The minimum absolute atomic E-state index is 0.0520. The Balaban J connectivity index is 1.75. The van der Waals surface area contributed by atoms with E-state index in [4.69, 9.17) is 0 Å². The van der Waals surface area contributed by atoms with E-state index in [9.17, 15) is 23.4 Å². The number of anilines is 1. The van der Waals surface area contributed by atoms with E-state index < -0.39 is 23.1 Å². The van der Waals surface area contributed by atoms with Gasteiger partial charge in [-0.2, -0.15) is 13.2 Å². The van der Waals surface area contributed by atoms with Gasteiger partial charge in [0.1, 0.15) is 17.1 Å². The topological polar surface area (TPSA) is 96.1 Å². The number of halogens is 3. The Bertz CT molecular complexity index is 1050. The molecule has 0 saturated heterocycles. The molecule has 0 spiro atoms. The lowest BCUT2D eigenvalue weighted by atomic mass is 9.77. The molecule has 0 atom stereocenters. The summed E-state index contributed by atoms with van der Waals surface area (Å²) in [5.74, 6) is -0.117. The van der Waals surface area contributed by atoms with Crippen LogP contribution in [0.4, 0.5) is 19.0 Å². The number of aromatic nitrogens is 4. The summed E-state index contributed by atoms with van der Waals surface area (Å²) in [6, 6.07) is 2.48. The number of pyridine rings is 1. The fourth-order valence-electron chi connectivity index (χ4n) is 3.57. The fraction of sp³-hybridized carbons (Fsp3) is 0.389. The van der Waals surface area contributed by atoms with E-state index in [1.54, 1.807) is 30.8 Å². The summed E-state index contributed by atoms with van der Waals surface area (Å²) in [7, 11) is 1.76. The van der Waals surface area contributed by atoms with Crippen LogP contribution in [0, 0.1) is 0 Å². The predicted octanol–water partition coefficient (Wildman–Crippen LogP) is 3.08. The number of aryl methyl sites for hydroxylation is 1. The van der Waals surface area contributed by atoms with Gasteiger partial charge in [-0.25, -0.2) is 4.98 Å². The van der Waals surface area contributed by atoms with Crippen molar-refractivity contribution in [2.24, 2.45) is 7.05 Å². The normalized spacial score (nSPS) is 22.3. The van der Waals surface area contributed by atoms with Crippen LogP contribution in [0.2, 0.25) is 0 Å². The summed E-state index contributed by atoms with van der Waals surface area (Å²) in [6.07, 6.45) is -1.03. The lowest BCUT2D eigenvalue weighted by Crippen LogP contribution is -2.48. The lowest BCUT2D eigenvalue weighted by molar-refractivity contribution is -0.137. The first-order chi connectivity index (χ1) is 13.0. The highest BCUT2D eigenvalue weighted by Gasteiger charge is 2.39. The van der Waals surface area contributed by atoms with Gasteiger partial charge in [0.2, 0.25) is 0 Å². The molecular weight excluding hydrogens is 375 g/mol. The van der Waals surface area contributed by atoms with Crippen molar-refractivity contribution in [2.75, 3.05) is 5.32 Å². The van der Waals surface area contributed by atoms with Crippen LogP contribution in [-0.2, 0) is 13.2 Å². The van der Waals surface area contributed by atoms with Crippen LogP contribution < -0.4 is 5.32 Å². The Kier molecular flexibility index (Phi) is 4.00. The van der Waals surface area contributed by atoms with E-state index in [0.717, 1.165) is 0 Å². The fourth-order valence-corrected chi connectivity index (χ4v) is 3.57. The molecule has 0 aromatic carbocycles. The zero-order chi connectivity index (χ0) is 20.3. The first-order valence-corrected chi connectivity index (χ1v) is 8.62. The summed E-state index contributed by atoms with van der Waals surface area (Å²) in [5, 5.41) is 32.2. The van der Waals surface area contributed by atoms with Crippen molar-refractivity contribution in [3.05, 3.63) is 30.1 Å². The number of fused-ring (bicyclic) bond motifs is 1. The highest BCUT2D eigenvalue weighted by atomic mass is 19.4. The van der Waals surface area contributed by atoms with Gasteiger partial charge in [0.25, 0.3) is 0 Å². The summed E-state index contributed by atoms with van der Waals surface area (Å²) in [4.78, 5) is 3.78.